The molecule has 0 radical (unpaired) electrons. The molecule has 4 aliphatic rings. The van der Waals surface area contributed by atoms with Crippen molar-refractivity contribution in [1.29, 1.82) is 0 Å². The minimum Gasteiger partial charge on any atom is -0.465 e. The van der Waals surface area contributed by atoms with E-state index in [-0.39, 0.29) is 16.9 Å². The van der Waals surface area contributed by atoms with Crippen molar-refractivity contribution in [1.82, 2.24) is 0 Å². The molecule has 39 heavy (non-hydrogen) atoms. The van der Waals surface area contributed by atoms with Gasteiger partial charge >= 0.3 is 12.1 Å². The summed E-state index contributed by atoms with van der Waals surface area (Å²) in [6, 6.07) is 15.3. The van der Waals surface area contributed by atoms with Crippen molar-refractivity contribution in [3.05, 3.63) is 83.2 Å². The molecule has 0 heterocycles. The van der Waals surface area contributed by atoms with Crippen LogP contribution in [0.25, 0.3) is 0 Å². The summed E-state index contributed by atoms with van der Waals surface area (Å²) >= 11 is 0. The highest BCUT2D eigenvalue weighted by Gasteiger charge is 2.51. The zero-order valence-electron chi connectivity index (χ0n) is 21.6. The smallest absolute Gasteiger partial charge is 0.416 e. The van der Waals surface area contributed by atoms with Crippen LogP contribution in [0.1, 0.15) is 60.0 Å². The van der Waals surface area contributed by atoms with Gasteiger partial charge in [-0.15, -0.1) is 0 Å². The number of nitrogens with one attached hydrogen (secondary N) is 2. The molecule has 4 aliphatic carbocycles. The molecule has 7 rings (SSSR count). The molecular weight excluding hydrogens is 508 g/mol. The molecular formula is C31H30F4N2O2. The number of methoxy groups -OCH3 is 1. The highest BCUT2D eigenvalue weighted by molar-refractivity contribution is 5.97. The minimum absolute atomic E-state index is 0.0753. The van der Waals surface area contributed by atoms with Crippen LogP contribution in [0.4, 0.5) is 40.3 Å². The summed E-state index contributed by atoms with van der Waals surface area (Å²) < 4.78 is 58.8. The average Bonchev–Trinajstić information content (AvgIpc) is 2.87. The lowest BCUT2D eigenvalue weighted by Gasteiger charge is -2.57. The van der Waals surface area contributed by atoms with Crippen molar-refractivity contribution in [2.45, 2.75) is 50.1 Å². The second kappa shape index (κ2) is 9.57. The Hall–Kier alpha value is -3.55. The number of hydrogen-bond acceptors (Lipinski definition) is 4. The quantitative estimate of drug-likeness (QED) is 0.244. The number of hydrogen-bond donors (Lipinski definition) is 2. The average molecular weight is 539 g/mol. The molecule has 0 aromatic heterocycles. The molecule has 4 fully saturated rings. The van der Waals surface area contributed by atoms with Crippen LogP contribution in [0, 0.1) is 23.6 Å². The van der Waals surface area contributed by atoms with Crippen LogP contribution < -0.4 is 10.6 Å². The van der Waals surface area contributed by atoms with E-state index in [9.17, 15) is 22.4 Å². The Balaban J connectivity index is 1.21. The Morgan fingerprint density at radius 2 is 1.41 bits per heavy atom. The number of carbonyl (C=O) groups is 1. The lowest BCUT2D eigenvalue weighted by atomic mass is 9.48. The second-order valence-electron chi connectivity index (χ2n) is 11.5. The normalized spacial score (nSPS) is 25.4. The molecule has 4 bridgehead atoms. The lowest BCUT2D eigenvalue weighted by molar-refractivity contribution is -0.137. The van der Waals surface area contributed by atoms with Gasteiger partial charge in [0.1, 0.15) is 5.82 Å². The van der Waals surface area contributed by atoms with Crippen LogP contribution in [0.2, 0.25) is 0 Å². The predicted molar refractivity (Wildman–Crippen MR) is 142 cm³/mol. The molecule has 0 saturated heterocycles. The number of alkyl halides is 3. The molecule has 204 valence electrons. The van der Waals surface area contributed by atoms with Gasteiger partial charge in [-0.1, -0.05) is 12.1 Å². The molecule has 8 heteroatoms. The lowest BCUT2D eigenvalue weighted by Crippen LogP contribution is -2.48. The third kappa shape index (κ3) is 5.09. The van der Waals surface area contributed by atoms with E-state index in [1.807, 2.05) is 12.1 Å². The summed E-state index contributed by atoms with van der Waals surface area (Å²) in [6.45, 7) is 0. The van der Waals surface area contributed by atoms with E-state index in [2.05, 4.69) is 27.5 Å². The first-order chi connectivity index (χ1) is 18.6. The third-order valence-electron chi connectivity index (χ3n) is 8.75. The van der Waals surface area contributed by atoms with Crippen LogP contribution in [0.3, 0.4) is 0 Å². The molecule has 4 saturated carbocycles. The first-order valence-electron chi connectivity index (χ1n) is 13.3. The van der Waals surface area contributed by atoms with E-state index in [0.29, 0.717) is 11.1 Å². The standard InChI is InChI=1S/C31H30F4N2O2/c1-39-29(38)27-11-22(31(33,34)35)4-7-28(27)37-26-13-23(32)12-25(14-26)36-24-5-2-21(3-6-24)30-15-18-8-19(16-30)10-20(9-18)17-30/h2-7,11-14,18-20,36-37H,8-10,15-17H2,1H3. The van der Waals surface area contributed by atoms with Crippen LogP contribution in [0.5, 0.6) is 0 Å². The zero-order chi connectivity index (χ0) is 27.4. The van der Waals surface area contributed by atoms with E-state index in [1.165, 1.54) is 56.2 Å². The molecule has 0 spiro atoms. The number of ether oxygens (including phenoxy) is 1. The van der Waals surface area contributed by atoms with Gasteiger partial charge in [-0.2, -0.15) is 13.2 Å². The van der Waals surface area contributed by atoms with Gasteiger partial charge in [-0.05, 0) is 116 Å². The molecule has 0 aliphatic heterocycles. The second-order valence-corrected chi connectivity index (χ2v) is 11.5. The molecule has 0 unspecified atom stereocenters. The van der Waals surface area contributed by atoms with Gasteiger partial charge < -0.3 is 15.4 Å². The number of esters is 1. The Morgan fingerprint density at radius 1 is 0.821 bits per heavy atom. The monoisotopic (exact) mass is 538 g/mol. The zero-order valence-corrected chi connectivity index (χ0v) is 21.6. The summed E-state index contributed by atoms with van der Waals surface area (Å²) in [5.74, 6) is 1.10. The van der Waals surface area contributed by atoms with Gasteiger partial charge in [0.15, 0.2) is 0 Å². The summed E-state index contributed by atoms with van der Waals surface area (Å²) in [4.78, 5) is 12.2. The highest BCUT2D eigenvalue weighted by Crippen LogP contribution is 2.60. The molecule has 0 amide bonds. The summed E-state index contributed by atoms with van der Waals surface area (Å²) in [5.41, 5.74) is 2.03. The van der Waals surface area contributed by atoms with Crippen molar-refractivity contribution in [2.24, 2.45) is 17.8 Å². The Bertz CT molecular complexity index is 1370. The van der Waals surface area contributed by atoms with Gasteiger partial charge in [-0.3, -0.25) is 0 Å². The van der Waals surface area contributed by atoms with Crippen molar-refractivity contribution >= 4 is 28.7 Å². The topological polar surface area (TPSA) is 50.4 Å². The molecule has 4 nitrogen and oxygen atoms in total. The van der Waals surface area contributed by atoms with Crippen molar-refractivity contribution in [3.8, 4) is 0 Å². The maximum atomic E-state index is 14.5. The number of benzene rings is 3. The SMILES string of the molecule is COC(=O)c1cc(C(F)(F)F)ccc1Nc1cc(F)cc(Nc2ccc(C34CC5CC(CC(C5)C3)C4)cc2)c1. The summed E-state index contributed by atoms with van der Waals surface area (Å²) in [7, 11) is 1.09. The van der Waals surface area contributed by atoms with Crippen LogP contribution >= 0.6 is 0 Å². The van der Waals surface area contributed by atoms with Crippen molar-refractivity contribution in [2.75, 3.05) is 17.7 Å². The number of rotatable bonds is 6. The van der Waals surface area contributed by atoms with E-state index in [4.69, 9.17) is 0 Å². The Labute approximate surface area is 224 Å². The predicted octanol–water partition coefficient (Wildman–Crippen LogP) is 8.59. The molecule has 3 aromatic rings. The fourth-order valence-corrected chi connectivity index (χ4v) is 7.54. The summed E-state index contributed by atoms with van der Waals surface area (Å²) in [5, 5.41) is 6.10. The number of halogens is 4. The van der Waals surface area contributed by atoms with Gasteiger partial charge in [-0.25, -0.2) is 9.18 Å². The number of anilines is 4. The maximum absolute atomic E-state index is 14.5. The van der Waals surface area contributed by atoms with Crippen LogP contribution in [0.15, 0.2) is 60.7 Å². The fourth-order valence-electron chi connectivity index (χ4n) is 7.54. The Morgan fingerprint density at radius 3 is 1.97 bits per heavy atom. The van der Waals surface area contributed by atoms with Gasteiger partial charge in [0.25, 0.3) is 0 Å². The van der Waals surface area contributed by atoms with E-state index >= 15 is 0 Å². The Kier molecular flexibility index (Phi) is 6.31. The number of carbonyl (C=O) groups excluding carboxylic acids is 1. The largest absolute Gasteiger partial charge is 0.465 e. The third-order valence-corrected chi connectivity index (χ3v) is 8.75. The van der Waals surface area contributed by atoms with Crippen molar-refractivity contribution in [3.63, 3.8) is 0 Å². The van der Waals surface area contributed by atoms with Crippen molar-refractivity contribution < 1.29 is 27.1 Å². The summed E-state index contributed by atoms with van der Waals surface area (Å²) in [6.07, 6.45) is 3.39. The van der Waals surface area contributed by atoms with E-state index < -0.39 is 23.5 Å². The minimum atomic E-state index is -4.62. The first-order valence-corrected chi connectivity index (χ1v) is 13.3. The van der Waals surface area contributed by atoms with Gasteiger partial charge in [0.05, 0.1) is 23.9 Å². The van der Waals surface area contributed by atoms with Crippen LogP contribution in [-0.4, -0.2) is 13.1 Å². The van der Waals surface area contributed by atoms with E-state index in [1.54, 1.807) is 6.07 Å². The van der Waals surface area contributed by atoms with Gasteiger partial charge in [0.2, 0.25) is 0 Å². The van der Waals surface area contributed by atoms with E-state index in [0.717, 1.165) is 48.8 Å². The van der Waals surface area contributed by atoms with Crippen LogP contribution in [-0.2, 0) is 16.3 Å². The highest BCUT2D eigenvalue weighted by atomic mass is 19.4. The maximum Gasteiger partial charge on any atom is 0.416 e. The molecule has 0 atom stereocenters. The first kappa shape index (κ1) is 25.7. The molecule has 3 aromatic carbocycles. The fraction of sp³-hybridized carbons (Fsp3) is 0.387. The van der Waals surface area contributed by atoms with Gasteiger partial charge in [0, 0.05) is 17.1 Å². The molecule has 2 N–H and O–H groups in total.